The van der Waals surface area contributed by atoms with Gasteiger partial charge in [0.05, 0.1) is 12.4 Å². The van der Waals surface area contributed by atoms with Crippen molar-refractivity contribution in [2.75, 3.05) is 0 Å². The molecule has 0 spiro atoms. The van der Waals surface area contributed by atoms with E-state index in [4.69, 9.17) is 10.8 Å². The molecule has 8 N–H and O–H groups in total. The van der Waals surface area contributed by atoms with Crippen molar-refractivity contribution in [1.29, 1.82) is 0 Å². The zero-order valence-electron chi connectivity index (χ0n) is 21.2. The Morgan fingerprint density at radius 3 is 2.05 bits per heavy atom. The summed E-state index contributed by atoms with van der Waals surface area (Å²) in [5.74, 6) is -4.92. The Bertz CT molecular complexity index is 1090. The lowest BCUT2D eigenvalue weighted by Gasteiger charge is -2.25. The van der Waals surface area contributed by atoms with Crippen LogP contribution in [0.25, 0.3) is 0 Å². The number of H-pyrrole nitrogens is 1. The van der Waals surface area contributed by atoms with Gasteiger partial charge >= 0.3 is 11.9 Å². The van der Waals surface area contributed by atoms with Crippen molar-refractivity contribution in [2.45, 2.75) is 63.7 Å². The average Bonchev–Trinajstić information content (AvgIpc) is 3.38. The van der Waals surface area contributed by atoms with Gasteiger partial charge in [0.25, 0.3) is 0 Å². The lowest BCUT2D eigenvalue weighted by molar-refractivity contribution is -0.143. The number of aliphatic carboxylic acids is 2. The summed E-state index contributed by atoms with van der Waals surface area (Å²) >= 11 is 0. The largest absolute Gasteiger partial charge is 0.481 e. The zero-order valence-corrected chi connectivity index (χ0v) is 21.2. The van der Waals surface area contributed by atoms with E-state index in [0.29, 0.717) is 5.69 Å². The molecular formula is C25H34N6O7. The van der Waals surface area contributed by atoms with Crippen LogP contribution in [-0.2, 0) is 36.8 Å². The Kier molecular flexibility index (Phi) is 11.4. The van der Waals surface area contributed by atoms with Gasteiger partial charge in [0.15, 0.2) is 0 Å². The van der Waals surface area contributed by atoms with Crippen LogP contribution in [0.3, 0.4) is 0 Å². The third kappa shape index (κ3) is 9.65. The number of benzene rings is 1. The van der Waals surface area contributed by atoms with E-state index >= 15 is 0 Å². The van der Waals surface area contributed by atoms with Gasteiger partial charge in [0, 0.05) is 31.2 Å². The van der Waals surface area contributed by atoms with Crippen LogP contribution in [-0.4, -0.2) is 74.0 Å². The first-order chi connectivity index (χ1) is 18.0. The minimum atomic E-state index is -1.38. The number of carbonyl (C=O) groups excluding carboxylic acids is 3. The van der Waals surface area contributed by atoms with E-state index in [1.54, 1.807) is 44.2 Å². The third-order valence-corrected chi connectivity index (χ3v) is 5.81. The summed E-state index contributed by atoms with van der Waals surface area (Å²) in [6, 6.07) is 4.09. The predicted octanol–water partition coefficient (Wildman–Crippen LogP) is -0.418. The van der Waals surface area contributed by atoms with Gasteiger partial charge in [-0.2, -0.15) is 0 Å². The summed E-state index contributed by atoms with van der Waals surface area (Å²) in [6.07, 6.45) is 1.96. The zero-order chi connectivity index (χ0) is 28.2. The highest BCUT2D eigenvalue weighted by atomic mass is 16.4. The van der Waals surface area contributed by atoms with Crippen LogP contribution in [0.5, 0.6) is 0 Å². The van der Waals surface area contributed by atoms with E-state index in [9.17, 15) is 29.1 Å². The highest BCUT2D eigenvalue weighted by Crippen LogP contribution is 2.08. The molecule has 0 saturated heterocycles. The van der Waals surface area contributed by atoms with Crippen LogP contribution in [0, 0.1) is 5.92 Å². The summed E-state index contributed by atoms with van der Waals surface area (Å²) in [7, 11) is 0. The summed E-state index contributed by atoms with van der Waals surface area (Å²) in [6.45, 7) is 3.51. The van der Waals surface area contributed by atoms with Crippen LogP contribution in [0.1, 0.15) is 37.9 Å². The first-order valence-electron chi connectivity index (χ1n) is 12.1. The molecule has 2 rings (SSSR count). The van der Waals surface area contributed by atoms with Crippen LogP contribution >= 0.6 is 0 Å². The summed E-state index contributed by atoms with van der Waals surface area (Å²) < 4.78 is 0. The van der Waals surface area contributed by atoms with Crippen LogP contribution in [0.2, 0.25) is 0 Å². The van der Waals surface area contributed by atoms with Gasteiger partial charge in [-0.05, 0) is 17.9 Å². The average molecular weight is 531 g/mol. The number of aromatic nitrogens is 2. The molecular weight excluding hydrogens is 496 g/mol. The second-order valence-electron chi connectivity index (χ2n) is 9.19. The number of nitrogens with two attached hydrogens (primary N) is 1. The molecule has 206 valence electrons. The van der Waals surface area contributed by atoms with Gasteiger partial charge in [0.2, 0.25) is 17.7 Å². The predicted molar refractivity (Wildman–Crippen MR) is 136 cm³/mol. The highest BCUT2D eigenvalue weighted by Gasteiger charge is 2.31. The number of amides is 3. The first kappa shape index (κ1) is 30.0. The van der Waals surface area contributed by atoms with Gasteiger partial charge < -0.3 is 36.9 Å². The number of carbonyl (C=O) groups is 5. The maximum absolute atomic E-state index is 13.3. The van der Waals surface area contributed by atoms with Gasteiger partial charge in [-0.15, -0.1) is 0 Å². The van der Waals surface area contributed by atoms with E-state index in [-0.39, 0.29) is 25.2 Å². The number of aromatic amines is 1. The van der Waals surface area contributed by atoms with Crippen molar-refractivity contribution >= 4 is 29.7 Å². The van der Waals surface area contributed by atoms with Crippen LogP contribution in [0.15, 0.2) is 42.9 Å². The monoisotopic (exact) mass is 530 g/mol. The van der Waals surface area contributed by atoms with Gasteiger partial charge in [0.1, 0.15) is 18.1 Å². The van der Waals surface area contributed by atoms with Crippen LogP contribution < -0.4 is 21.7 Å². The molecule has 4 atom stereocenters. The second kappa shape index (κ2) is 14.5. The lowest BCUT2D eigenvalue weighted by Crippen LogP contribution is -2.58. The van der Waals surface area contributed by atoms with Crippen molar-refractivity contribution in [1.82, 2.24) is 25.9 Å². The molecule has 0 saturated carbocycles. The maximum Gasteiger partial charge on any atom is 0.326 e. The molecule has 0 fully saturated rings. The number of carboxylic acids is 2. The quantitative estimate of drug-likeness (QED) is 0.159. The summed E-state index contributed by atoms with van der Waals surface area (Å²) in [4.78, 5) is 68.4. The topological polar surface area (TPSA) is 217 Å². The number of nitrogens with zero attached hydrogens (tertiary/aromatic N) is 1. The second-order valence-corrected chi connectivity index (χ2v) is 9.19. The molecule has 1 heterocycles. The molecule has 0 aliphatic rings. The van der Waals surface area contributed by atoms with Gasteiger partial charge in [-0.3, -0.25) is 19.2 Å². The molecule has 0 bridgehead atoms. The Hall–Kier alpha value is -4.26. The molecule has 0 aliphatic heterocycles. The van der Waals surface area contributed by atoms with E-state index in [2.05, 4.69) is 25.9 Å². The van der Waals surface area contributed by atoms with Crippen molar-refractivity contribution in [3.63, 3.8) is 0 Å². The molecule has 0 aliphatic carbocycles. The number of hydrogen-bond acceptors (Lipinski definition) is 7. The molecule has 1 aromatic carbocycles. The van der Waals surface area contributed by atoms with E-state index in [0.717, 1.165) is 5.56 Å². The Morgan fingerprint density at radius 1 is 0.895 bits per heavy atom. The number of carboxylic acid groups (broad SMARTS) is 2. The van der Waals surface area contributed by atoms with E-state index in [1.165, 1.54) is 12.5 Å². The fourth-order valence-corrected chi connectivity index (χ4v) is 3.53. The number of hydrogen-bond donors (Lipinski definition) is 7. The number of rotatable bonds is 15. The van der Waals surface area contributed by atoms with Crippen LogP contribution in [0.4, 0.5) is 0 Å². The lowest BCUT2D eigenvalue weighted by atomic mass is 10.0. The molecule has 4 unspecified atom stereocenters. The van der Waals surface area contributed by atoms with Crippen molar-refractivity contribution < 1.29 is 34.2 Å². The molecule has 0 radical (unpaired) electrons. The Balaban J connectivity index is 2.23. The first-order valence-corrected chi connectivity index (χ1v) is 12.1. The van der Waals surface area contributed by atoms with E-state index in [1.807, 2.05) is 0 Å². The number of nitrogens with one attached hydrogen (secondary N) is 4. The smallest absolute Gasteiger partial charge is 0.326 e. The molecule has 1 aromatic heterocycles. The highest BCUT2D eigenvalue weighted by molar-refractivity contribution is 5.94. The Morgan fingerprint density at radius 2 is 1.50 bits per heavy atom. The standard InChI is InChI=1S/C25H34N6O7/c1-14(2)21(26)24(36)30-18(10-15-6-4-3-5-7-15)23(35)29-17(8-9-20(32)33)22(34)31-19(25(37)38)11-16-12-27-13-28-16/h3-7,12-14,17-19,21H,8-11,26H2,1-2H3,(H,27,28)(H,29,35)(H,30,36)(H,31,34)(H,32,33)(H,37,38). The Labute approximate surface area is 219 Å². The van der Waals surface area contributed by atoms with E-state index < -0.39 is 60.2 Å². The maximum atomic E-state index is 13.3. The van der Waals surface area contributed by atoms with Crippen molar-refractivity contribution in [3.05, 3.63) is 54.1 Å². The molecule has 2 aromatic rings. The normalized spacial score (nSPS) is 14.1. The summed E-state index contributed by atoms with van der Waals surface area (Å²) in [5.41, 5.74) is 7.11. The summed E-state index contributed by atoms with van der Waals surface area (Å²) in [5, 5.41) is 26.1. The molecule has 13 nitrogen and oxygen atoms in total. The third-order valence-electron chi connectivity index (χ3n) is 5.81. The molecule has 3 amide bonds. The number of imidazole rings is 1. The van der Waals surface area contributed by atoms with Crippen molar-refractivity contribution in [2.24, 2.45) is 11.7 Å². The SMILES string of the molecule is CC(C)C(N)C(=O)NC(Cc1ccccc1)C(=O)NC(CCC(=O)O)C(=O)NC(Cc1cnc[nH]1)C(=O)O. The van der Waals surface area contributed by atoms with Crippen molar-refractivity contribution in [3.8, 4) is 0 Å². The molecule has 38 heavy (non-hydrogen) atoms. The van der Waals surface area contributed by atoms with Gasteiger partial charge in [-0.25, -0.2) is 9.78 Å². The fraction of sp³-hybridized carbons (Fsp3) is 0.440. The molecule has 13 heteroatoms. The minimum Gasteiger partial charge on any atom is -0.481 e. The fourth-order valence-electron chi connectivity index (χ4n) is 3.53. The van der Waals surface area contributed by atoms with Gasteiger partial charge in [-0.1, -0.05) is 44.2 Å². The minimum absolute atomic E-state index is 0.0775.